The summed E-state index contributed by atoms with van der Waals surface area (Å²) in [6, 6.07) is 3.36. The largest absolute Gasteiger partial charge is 0.438 e. The number of hydrogen-bond donors (Lipinski definition) is 1. The van der Waals surface area contributed by atoms with Crippen molar-refractivity contribution in [1.82, 2.24) is 5.06 Å². The lowest BCUT2D eigenvalue weighted by Gasteiger charge is -2.11. The average molecular weight is 230 g/mol. The van der Waals surface area contributed by atoms with Crippen LogP contribution in [0.1, 0.15) is 11.1 Å². The summed E-state index contributed by atoms with van der Waals surface area (Å²) in [5.41, 5.74) is 1.97. The molecule has 1 N–H and O–H groups in total. The Kier molecular flexibility index (Phi) is 3.55. The molecule has 0 radical (unpaired) electrons. The summed E-state index contributed by atoms with van der Waals surface area (Å²) in [6.45, 7) is 3.79. The molecule has 0 atom stereocenters. The van der Waals surface area contributed by atoms with Crippen molar-refractivity contribution in [3.63, 3.8) is 0 Å². The van der Waals surface area contributed by atoms with Crippen molar-refractivity contribution in [2.24, 2.45) is 0 Å². The molecule has 15 heavy (non-hydrogen) atoms. The van der Waals surface area contributed by atoms with E-state index in [0.717, 1.165) is 11.1 Å². The smallest absolute Gasteiger partial charge is 0.407 e. The van der Waals surface area contributed by atoms with Gasteiger partial charge >= 0.3 is 6.09 Å². The van der Waals surface area contributed by atoms with Crippen molar-refractivity contribution >= 4 is 17.7 Å². The van der Waals surface area contributed by atoms with Crippen LogP contribution >= 0.6 is 11.6 Å². The summed E-state index contributed by atoms with van der Waals surface area (Å²) in [5, 5.41) is 9.51. The molecule has 5 heteroatoms. The van der Waals surface area contributed by atoms with E-state index < -0.39 is 6.09 Å². The summed E-state index contributed by atoms with van der Waals surface area (Å²) < 4.78 is 4.85. The third-order valence-electron chi connectivity index (χ3n) is 2.01. The Bertz CT molecular complexity index is 390. The lowest BCUT2D eigenvalue weighted by atomic mass is 10.1. The fourth-order valence-corrected chi connectivity index (χ4v) is 1.25. The van der Waals surface area contributed by atoms with E-state index in [2.05, 4.69) is 0 Å². The molecule has 0 fully saturated rings. The second-order valence-electron chi connectivity index (χ2n) is 3.26. The highest BCUT2D eigenvalue weighted by Crippen LogP contribution is 2.28. The van der Waals surface area contributed by atoms with Gasteiger partial charge in [-0.3, -0.25) is 5.21 Å². The van der Waals surface area contributed by atoms with Crippen LogP contribution in [0.25, 0.3) is 0 Å². The Morgan fingerprint density at radius 2 is 1.93 bits per heavy atom. The summed E-state index contributed by atoms with van der Waals surface area (Å²) in [5.74, 6) is 0.241. The van der Waals surface area contributed by atoms with E-state index in [9.17, 15) is 4.79 Å². The molecule has 0 saturated carbocycles. The second kappa shape index (κ2) is 4.51. The highest BCUT2D eigenvalue weighted by Gasteiger charge is 2.12. The van der Waals surface area contributed by atoms with Crippen LogP contribution in [0, 0.1) is 13.8 Å². The summed E-state index contributed by atoms with van der Waals surface area (Å²) in [7, 11) is 1.18. The molecule has 0 heterocycles. The normalized spacial score (nSPS) is 9.93. The van der Waals surface area contributed by atoms with E-state index in [1.807, 2.05) is 13.8 Å². The number of aryl methyl sites for hydroxylation is 2. The van der Waals surface area contributed by atoms with Crippen LogP contribution in [0.5, 0.6) is 5.75 Å². The molecule has 1 aromatic rings. The number of benzene rings is 1. The maximum absolute atomic E-state index is 11.1. The Balaban J connectivity index is 2.96. The van der Waals surface area contributed by atoms with E-state index >= 15 is 0 Å². The first-order valence-corrected chi connectivity index (χ1v) is 4.70. The fraction of sp³-hybridized carbons (Fsp3) is 0.300. The van der Waals surface area contributed by atoms with E-state index in [-0.39, 0.29) is 5.75 Å². The van der Waals surface area contributed by atoms with Crippen molar-refractivity contribution in [1.29, 1.82) is 0 Å². The molecule has 0 aliphatic rings. The van der Waals surface area contributed by atoms with Crippen molar-refractivity contribution in [3.8, 4) is 5.75 Å². The number of hydroxylamine groups is 2. The van der Waals surface area contributed by atoms with Crippen LogP contribution in [0.15, 0.2) is 12.1 Å². The van der Waals surface area contributed by atoms with Gasteiger partial charge in [0.05, 0.1) is 5.02 Å². The standard InChI is InChI=1S/C10H12ClNO3/c1-6-4-8(11)9(5-7(6)2)15-10(13)12(3)14/h4-5,14H,1-3H3. The number of nitrogens with zero attached hydrogens (tertiary/aromatic N) is 1. The molecule has 1 amide bonds. The van der Waals surface area contributed by atoms with Gasteiger partial charge in [0.2, 0.25) is 0 Å². The Hall–Kier alpha value is -1.26. The number of carbonyl (C=O) groups excluding carboxylic acids is 1. The van der Waals surface area contributed by atoms with Gasteiger partial charge in [-0.25, -0.2) is 4.79 Å². The molecular weight excluding hydrogens is 218 g/mol. The van der Waals surface area contributed by atoms with E-state index in [1.165, 1.54) is 7.05 Å². The van der Waals surface area contributed by atoms with Gasteiger partial charge in [0, 0.05) is 7.05 Å². The highest BCUT2D eigenvalue weighted by molar-refractivity contribution is 6.32. The van der Waals surface area contributed by atoms with Crippen LogP contribution in [-0.4, -0.2) is 23.4 Å². The second-order valence-corrected chi connectivity index (χ2v) is 3.67. The van der Waals surface area contributed by atoms with Crippen LogP contribution in [0.4, 0.5) is 4.79 Å². The highest BCUT2D eigenvalue weighted by atomic mass is 35.5. The van der Waals surface area contributed by atoms with Crippen LogP contribution in [0.3, 0.4) is 0 Å². The minimum atomic E-state index is -0.875. The molecule has 0 spiro atoms. The Labute approximate surface area is 93.0 Å². The molecule has 1 aromatic carbocycles. The van der Waals surface area contributed by atoms with Crippen LogP contribution in [0.2, 0.25) is 5.02 Å². The number of amides is 1. The molecule has 0 aromatic heterocycles. The molecule has 0 aliphatic heterocycles. The summed E-state index contributed by atoms with van der Waals surface area (Å²) >= 11 is 5.87. The minimum Gasteiger partial charge on any atom is -0.407 e. The monoisotopic (exact) mass is 229 g/mol. The molecule has 0 unspecified atom stereocenters. The summed E-state index contributed by atoms with van der Waals surface area (Å²) in [4.78, 5) is 11.1. The number of hydrogen-bond acceptors (Lipinski definition) is 3. The molecule has 1 rings (SSSR count). The molecule has 0 saturated heterocycles. The van der Waals surface area contributed by atoms with Gasteiger partial charge in [-0.15, -0.1) is 0 Å². The zero-order valence-corrected chi connectivity index (χ0v) is 9.50. The number of halogens is 1. The molecule has 4 nitrogen and oxygen atoms in total. The predicted octanol–water partition coefficient (Wildman–Crippen LogP) is 2.78. The van der Waals surface area contributed by atoms with Gasteiger partial charge in [0.15, 0.2) is 5.75 Å². The topological polar surface area (TPSA) is 49.8 Å². The van der Waals surface area contributed by atoms with Crippen molar-refractivity contribution < 1.29 is 14.7 Å². The first kappa shape index (κ1) is 11.8. The van der Waals surface area contributed by atoms with Crippen molar-refractivity contribution in [3.05, 3.63) is 28.3 Å². The lowest BCUT2D eigenvalue weighted by Crippen LogP contribution is -2.26. The number of rotatable bonds is 1. The first-order chi connectivity index (χ1) is 6.91. The quantitative estimate of drug-likeness (QED) is 0.595. The van der Waals surface area contributed by atoms with Gasteiger partial charge in [-0.05, 0) is 37.1 Å². The van der Waals surface area contributed by atoms with Gasteiger partial charge in [-0.1, -0.05) is 11.6 Å². The van der Waals surface area contributed by atoms with Gasteiger partial charge in [0.25, 0.3) is 0 Å². The van der Waals surface area contributed by atoms with Crippen molar-refractivity contribution in [2.75, 3.05) is 7.05 Å². The van der Waals surface area contributed by atoms with Crippen LogP contribution in [-0.2, 0) is 0 Å². The van der Waals surface area contributed by atoms with Crippen molar-refractivity contribution in [2.45, 2.75) is 13.8 Å². The maximum Gasteiger partial charge on any atom is 0.438 e. The number of ether oxygens (including phenoxy) is 1. The summed E-state index contributed by atoms with van der Waals surface area (Å²) in [6.07, 6.45) is -0.875. The SMILES string of the molecule is Cc1cc(Cl)c(OC(=O)N(C)O)cc1C. The zero-order valence-electron chi connectivity index (χ0n) is 8.74. The Morgan fingerprint density at radius 1 is 1.40 bits per heavy atom. The minimum absolute atomic E-state index is 0.241. The first-order valence-electron chi connectivity index (χ1n) is 4.33. The van der Waals surface area contributed by atoms with E-state index in [0.29, 0.717) is 10.1 Å². The fourth-order valence-electron chi connectivity index (χ4n) is 0.993. The average Bonchev–Trinajstić information content (AvgIpc) is 2.13. The molecule has 0 aliphatic carbocycles. The molecular formula is C10H12ClNO3. The van der Waals surface area contributed by atoms with E-state index in [4.69, 9.17) is 21.5 Å². The third kappa shape index (κ3) is 2.84. The van der Waals surface area contributed by atoms with Gasteiger partial charge < -0.3 is 4.74 Å². The Morgan fingerprint density at radius 3 is 2.47 bits per heavy atom. The van der Waals surface area contributed by atoms with Crippen LogP contribution < -0.4 is 4.74 Å². The number of carbonyl (C=O) groups is 1. The lowest BCUT2D eigenvalue weighted by molar-refractivity contribution is -0.0371. The zero-order chi connectivity index (χ0) is 11.6. The maximum atomic E-state index is 11.1. The molecule has 82 valence electrons. The van der Waals surface area contributed by atoms with Gasteiger partial charge in [0.1, 0.15) is 0 Å². The van der Waals surface area contributed by atoms with Gasteiger partial charge in [-0.2, -0.15) is 5.06 Å². The third-order valence-corrected chi connectivity index (χ3v) is 2.31. The molecule has 0 bridgehead atoms. The predicted molar refractivity (Wildman–Crippen MR) is 56.5 cm³/mol. The van der Waals surface area contributed by atoms with E-state index in [1.54, 1.807) is 12.1 Å².